The predicted molar refractivity (Wildman–Crippen MR) is 64.4 cm³/mol. The molecule has 1 heteroatoms. The average molecular weight is 204 g/mol. The fourth-order valence-electron chi connectivity index (χ4n) is 1.76. The van der Waals surface area contributed by atoms with Crippen LogP contribution in [0.3, 0.4) is 0 Å². The van der Waals surface area contributed by atoms with Crippen molar-refractivity contribution >= 4 is 5.78 Å². The second-order valence-corrected chi connectivity index (χ2v) is 4.15. The van der Waals surface area contributed by atoms with Crippen molar-refractivity contribution in [3.8, 4) is 0 Å². The Hall–Kier alpha value is -1.11. The number of carbonyl (C=O) groups excluding carboxylic acids is 1. The standard InChI is InChI=1S/C14H20O/c1-4-5-6-7-13-8-9-14(12(3)15)10-11(13)2/h8-10H,4-7H2,1-3H3. The molecule has 0 saturated carbocycles. The molecule has 1 aromatic rings. The fourth-order valence-corrected chi connectivity index (χ4v) is 1.76. The van der Waals surface area contributed by atoms with E-state index < -0.39 is 0 Å². The van der Waals surface area contributed by atoms with E-state index in [2.05, 4.69) is 19.9 Å². The second-order valence-electron chi connectivity index (χ2n) is 4.15. The molecule has 1 aromatic carbocycles. The Balaban J connectivity index is 2.70. The van der Waals surface area contributed by atoms with Gasteiger partial charge in [-0.05, 0) is 43.9 Å². The molecular weight excluding hydrogens is 184 g/mol. The van der Waals surface area contributed by atoms with E-state index in [1.807, 2.05) is 12.1 Å². The molecule has 0 radical (unpaired) electrons. The van der Waals surface area contributed by atoms with E-state index in [1.54, 1.807) is 6.92 Å². The number of hydrogen-bond donors (Lipinski definition) is 0. The van der Waals surface area contributed by atoms with E-state index in [0.717, 1.165) is 12.0 Å². The molecular formula is C14H20O. The lowest BCUT2D eigenvalue weighted by Crippen LogP contribution is -1.96. The number of benzene rings is 1. The summed E-state index contributed by atoms with van der Waals surface area (Å²) in [4.78, 5) is 11.2. The number of hydrogen-bond acceptors (Lipinski definition) is 1. The molecule has 0 saturated heterocycles. The Kier molecular flexibility index (Phi) is 4.54. The smallest absolute Gasteiger partial charge is 0.159 e. The number of aryl methyl sites for hydroxylation is 2. The van der Waals surface area contributed by atoms with Gasteiger partial charge in [0.15, 0.2) is 5.78 Å². The van der Waals surface area contributed by atoms with Crippen LogP contribution in [-0.4, -0.2) is 5.78 Å². The van der Waals surface area contributed by atoms with Crippen molar-refractivity contribution in [2.45, 2.75) is 46.5 Å². The molecule has 0 N–H and O–H groups in total. The summed E-state index contributed by atoms with van der Waals surface area (Å²) < 4.78 is 0. The van der Waals surface area contributed by atoms with Crippen LogP contribution in [0, 0.1) is 6.92 Å². The highest BCUT2D eigenvalue weighted by molar-refractivity contribution is 5.94. The lowest BCUT2D eigenvalue weighted by Gasteiger charge is -2.06. The van der Waals surface area contributed by atoms with Crippen LogP contribution < -0.4 is 0 Å². The van der Waals surface area contributed by atoms with Crippen LogP contribution in [-0.2, 0) is 6.42 Å². The van der Waals surface area contributed by atoms with Crippen LogP contribution >= 0.6 is 0 Å². The molecule has 0 amide bonds. The maximum atomic E-state index is 11.2. The zero-order valence-corrected chi connectivity index (χ0v) is 9.97. The van der Waals surface area contributed by atoms with Crippen LogP contribution in [0.2, 0.25) is 0 Å². The van der Waals surface area contributed by atoms with Gasteiger partial charge in [0.1, 0.15) is 0 Å². The second kappa shape index (κ2) is 5.69. The monoisotopic (exact) mass is 204 g/mol. The summed E-state index contributed by atoms with van der Waals surface area (Å²) in [7, 11) is 0. The molecule has 0 bridgehead atoms. The molecule has 0 aromatic heterocycles. The molecule has 1 nitrogen and oxygen atoms in total. The van der Waals surface area contributed by atoms with Gasteiger partial charge in [-0.2, -0.15) is 0 Å². The molecule has 0 heterocycles. The molecule has 0 aliphatic heterocycles. The van der Waals surface area contributed by atoms with Crippen molar-refractivity contribution in [2.24, 2.45) is 0 Å². The summed E-state index contributed by atoms with van der Waals surface area (Å²) in [6, 6.07) is 6.04. The van der Waals surface area contributed by atoms with E-state index in [1.165, 1.54) is 30.4 Å². The first-order chi connectivity index (χ1) is 7.15. The van der Waals surface area contributed by atoms with Crippen LogP contribution in [0.1, 0.15) is 54.6 Å². The summed E-state index contributed by atoms with van der Waals surface area (Å²) in [6.07, 6.45) is 4.92. The summed E-state index contributed by atoms with van der Waals surface area (Å²) in [5, 5.41) is 0. The van der Waals surface area contributed by atoms with Crippen molar-refractivity contribution in [1.82, 2.24) is 0 Å². The van der Waals surface area contributed by atoms with Gasteiger partial charge in [0.25, 0.3) is 0 Å². The fraction of sp³-hybridized carbons (Fsp3) is 0.500. The topological polar surface area (TPSA) is 17.1 Å². The Morgan fingerprint density at radius 2 is 2.00 bits per heavy atom. The summed E-state index contributed by atoms with van der Waals surface area (Å²) in [5.74, 6) is 0.151. The SMILES string of the molecule is CCCCCc1ccc(C(C)=O)cc1C. The molecule has 0 aliphatic carbocycles. The first-order valence-electron chi connectivity index (χ1n) is 5.75. The maximum Gasteiger partial charge on any atom is 0.159 e. The molecule has 15 heavy (non-hydrogen) atoms. The van der Waals surface area contributed by atoms with E-state index in [-0.39, 0.29) is 5.78 Å². The van der Waals surface area contributed by atoms with Gasteiger partial charge in [0.05, 0.1) is 0 Å². The molecule has 0 aliphatic rings. The molecule has 0 unspecified atom stereocenters. The van der Waals surface area contributed by atoms with Crippen molar-refractivity contribution in [1.29, 1.82) is 0 Å². The number of Topliss-reactive ketones (excluding diaryl/α,β-unsaturated/α-hetero) is 1. The molecule has 0 fully saturated rings. The first kappa shape index (κ1) is 12.0. The largest absolute Gasteiger partial charge is 0.295 e. The van der Waals surface area contributed by atoms with Crippen LogP contribution in [0.5, 0.6) is 0 Å². The van der Waals surface area contributed by atoms with E-state index >= 15 is 0 Å². The van der Waals surface area contributed by atoms with Crippen LogP contribution in [0.15, 0.2) is 18.2 Å². The highest BCUT2D eigenvalue weighted by Gasteiger charge is 2.02. The average Bonchev–Trinajstić information content (AvgIpc) is 2.20. The summed E-state index contributed by atoms with van der Waals surface area (Å²) in [5.41, 5.74) is 3.46. The van der Waals surface area contributed by atoms with Gasteiger partial charge < -0.3 is 0 Å². The van der Waals surface area contributed by atoms with E-state index in [4.69, 9.17) is 0 Å². The molecule has 0 spiro atoms. The van der Waals surface area contributed by atoms with Gasteiger partial charge in [0.2, 0.25) is 0 Å². The number of unbranched alkanes of at least 4 members (excludes halogenated alkanes) is 2. The zero-order valence-electron chi connectivity index (χ0n) is 9.97. The minimum absolute atomic E-state index is 0.151. The van der Waals surface area contributed by atoms with E-state index in [9.17, 15) is 4.79 Å². The third-order valence-corrected chi connectivity index (χ3v) is 2.80. The Morgan fingerprint density at radius 3 is 2.53 bits per heavy atom. The van der Waals surface area contributed by atoms with E-state index in [0.29, 0.717) is 0 Å². The first-order valence-corrected chi connectivity index (χ1v) is 5.75. The van der Waals surface area contributed by atoms with Crippen molar-refractivity contribution in [3.05, 3.63) is 34.9 Å². The van der Waals surface area contributed by atoms with Gasteiger partial charge in [-0.25, -0.2) is 0 Å². The number of rotatable bonds is 5. The minimum Gasteiger partial charge on any atom is -0.295 e. The van der Waals surface area contributed by atoms with Gasteiger partial charge in [-0.15, -0.1) is 0 Å². The number of ketones is 1. The Bertz CT molecular complexity index is 339. The van der Waals surface area contributed by atoms with Crippen molar-refractivity contribution in [2.75, 3.05) is 0 Å². The van der Waals surface area contributed by atoms with Crippen LogP contribution in [0.25, 0.3) is 0 Å². The lowest BCUT2D eigenvalue weighted by molar-refractivity contribution is 0.101. The third-order valence-electron chi connectivity index (χ3n) is 2.80. The quantitative estimate of drug-likeness (QED) is 0.524. The minimum atomic E-state index is 0.151. The predicted octanol–water partition coefficient (Wildman–Crippen LogP) is 3.93. The lowest BCUT2D eigenvalue weighted by atomic mass is 9.99. The molecule has 0 atom stereocenters. The Morgan fingerprint density at radius 1 is 1.27 bits per heavy atom. The van der Waals surface area contributed by atoms with Crippen molar-refractivity contribution in [3.63, 3.8) is 0 Å². The molecule has 82 valence electrons. The summed E-state index contributed by atoms with van der Waals surface area (Å²) >= 11 is 0. The normalized spacial score (nSPS) is 10.3. The van der Waals surface area contributed by atoms with Gasteiger partial charge in [-0.1, -0.05) is 31.9 Å². The maximum absolute atomic E-state index is 11.2. The van der Waals surface area contributed by atoms with Gasteiger partial charge in [-0.3, -0.25) is 4.79 Å². The van der Waals surface area contributed by atoms with Gasteiger partial charge in [0, 0.05) is 5.56 Å². The molecule has 1 rings (SSSR count). The number of carbonyl (C=O) groups is 1. The van der Waals surface area contributed by atoms with Crippen molar-refractivity contribution < 1.29 is 4.79 Å². The van der Waals surface area contributed by atoms with Gasteiger partial charge >= 0.3 is 0 Å². The Labute approximate surface area is 92.5 Å². The zero-order chi connectivity index (χ0) is 11.3. The van der Waals surface area contributed by atoms with Crippen LogP contribution in [0.4, 0.5) is 0 Å². The summed E-state index contributed by atoms with van der Waals surface area (Å²) in [6.45, 7) is 5.92. The highest BCUT2D eigenvalue weighted by atomic mass is 16.1. The highest BCUT2D eigenvalue weighted by Crippen LogP contribution is 2.14. The third kappa shape index (κ3) is 3.50.